The highest BCUT2D eigenvalue weighted by Crippen LogP contribution is 2.01. The molecule has 0 radical (unpaired) electrons. The molecule has 0 bridgehead atoms. The summed E-state index contributed by atoms with van der Waals surface area (Å²) in [6, 6.07) is 1.49. The maximum Gasteiger partial charge on any atom is 0.350 e. The summed E-state index contributed by atoms with van der Waals surface area (Å²) in [5, 5.41) is 25.0. The van der Waals surface area contributed by atoms with Crippen LogP contribution in [0.25, 0.3) is 0 Å². The average Bonchev–Trinajstić information content (AvgIpc) is 2.18. The minimum Gasteiger partial charge on any atom is -0.436 e. The number of hydrogen-bond acceptors (Lipinski definition) is 6. The summed E-state index contributed by atoms with van der Waals surface area (Å²) in [5.74, 6) is -0.949. The Morgan fingerprint density at radius 3 is 2.29 bits per heavy atom. The van der Waals surface area contributed by atoms with Crippen LogP contribution in [0.5, 0.6) is 0 Å². The van der Waals surface area contributed by atoms with Crippen LogP contribution in [0.4, 0.5) is 0 Å². The number of ether oxygens (including phenoxy) is 1. The lowest BCUT2D eigenvalue weighted by atomic mass is 10.3. The maximum atomic E-state index is 10.9. The van der Waals surface area contributed by atoms with Crippen molar-refractivity contribution in [3.8, 4) is 18.5 Å². The van der Waals surface area contributed by atoms with Gasteiger partial charge in [-0.2, -0.15) is 20.7 Å². The third kappa shape index (κ3) is 2.84. The molecule has 70 valence electrons. The summed E-state index contributed by atoms with van der Waals surface area (Å²) in [4.78, 5) is 11.5. The molecule has 0 rings (SSSR count). The number of hydrogen-bond donors (Lipinski definition) is 0. The number of nitriles is 3. The molecular formula is C8H6N4O2. The number of esters is 1. The Morgan fingerprint density at radius 2 is 1.93 bits per heavy atom. The van der Waals surface area contributed by atoms with Crippen molar-refractivity contribution in [2.45, 2.75) is 13.2 Å². The molecule has 0 aromatic carbocycles. The van der Waals surface area contributed by atoms with E-state index in [0.717, 1.165) is 0 Å². The summed E-state index contributed by atoms with van der Waals surface area (Å²) in [5.41, 5.74) is -0.382. The molecule has 0 heterocycles. The van der Waals surface area contributed by atoms with Crippen LogP contribution in [0, 0.1) is 34.2 Å². The largest absolute Gasteiger partial charge is 0.436 e. The van der Waals surface area contributed by atoms with E-state index in [2.05, 4.69) is 11.3 Å². The molecule has 6 heteroatoms. The SMILES string of the molecule is C=C(C#N)C(=O)OC(C)N(C#N)C#N. The Bertz CT molecular complexity index is 354. The molecule has 14 heavy (non-hydrogen) atoms. The molecule has 0 aliphatic rings. The summed E-state index contributed by atoms with van der Waals surface area (Å²) in [6.07, 6.45) is 1.95. The molecule has 0 saturated heterocycles. The predicted molar refractivity (Wildman–Crippen MR) is 43.4 cm³/mol. The van der Waals surface area contributed by atoms with Gasteiger partial charge in [0.25, 0.3) is 0 Å². The smallest absolute Gasteiger partial charge is 0.350 e. The summed E-state index contributed by atoms with van der Waals surface area (Å²) >= 11 is 0. The van der Waals surface area contributed by atoms with Gasteiger partial charge in [-0.25, -0.2) is 4.79 Å². The second-order valence-electron chi connectivity index (χ2n) is 2.16. The predicted octanol–water partition coefficient (Wildman–Crippen LogP) is 0.220. The summed E-state index contributed by atoms with van der Waals surface area (Å²) in [7, 11) is 0. The highest BCUT2D eigenvalue weighted by atomic mass is 16.6. The minimum atomic E-state index is -1.04. The Hall–Kier alpha value is -2.52. The van der Waals surface area contributed by atoms with Gasteiger partial charge in [0.2, 0.25) is 0 Å². The molecular weight excluding hydrogens is 184 g/mol. The van der Waals surface area contributed by atoms with E-state index in [0.29, 0.717) is 4.90 Å². The second-order valence-corrected chi connectivity index (χ2v) is 2.16. The van der Waals surface area contributed by atoms with Gasteiger partial charge >= 0.3 is 5.97 Å². The van der Waals surface area contributed by atoms with Gasteiger partial charge in [-0.1, -0.05) is 6.58 Å². The lowest BCUT2D eigenvalue weighted by Gasteiger charge is -2.15. The zero-order valence-electron chi connectivity index (χ0n) is 7.39. The van der Waals surface area contributed by atoms with E-state index in [4.69, 9.17) is 15.8 Å². The van der Waals surface area contributed by atoms with E-state index >= 15 is 0 Å². The molecule has 0 fully saturated rings. The highest BCUT2D eigenvalue weighted by molar-refractivity contribution is 5.91. The van der Waals surface area contributed by atoms with Gasteiger partial charge in [-0.3, -0.25) is 0 Å². The van der Waals surface area contributed by atoms with Gasteiger partial charge in [0.1, 0.15) is 11.6 Å². The molecule has 0 aromatic heterocycles. The monoisotopic (exact) mass is 190 g/mol. The van der Waals surface area contributed by atoms with E-state index in [1.54, 1.807) is 0 Å². The van der Waals surface area contributed by atoms with Crippen molar-refractivity contribution in [3.63, 3.8) is 0 Å². The van der Waals surface area contributed by atoms with Gasteiger partial charge in [0.15, 0.2) is 18.6 Å². The number of nitrogens with zero attached hydrogens (tertiary/aromatic N) is 4. The zero-order valence-corrected chi connectivity index (χ0v) is 7.39. The fraction of sp³-hybridized carbons (Fsp3) is 0.250. The summed E-state index contributed by atoms with van der Waals surface area (Å²) in [6.45, 7) is 4.45. The minimum absolute atomic E-state index is 0.382. The normalized spacial score (nSPS) is 9.86. The van der Waals surface area contributed by atoms with Crippen molar-refractivity contribution in [2.24, 2.45) is 0 Å². The molecule has 6 nitrogen and oxygen atoms in total. The lowest BCUT2D eigenvalue weighted by Crippen LogP contribution is -2.29. The third-order valence-corrected chi connectivity index (χ3v) is 1.24. The maximum absolute atomic E-state index is 10.9. The van der Waals surface area contributed by atoms with Crippen LogP contribution in [0.1, 0.15) is 6.92 Å². The molecule has 0 aliphatic carbocycles. The van der Waals surface area contributed by atoms with Crippen LogP contribution >= 0.6 is 0 Å². The first kappa shape index (κ1) is 11.5. The molecule has 0 spiro atoms. The zero-order chi connectivity index (χ0) is 11.1. The summed E-state index contributed by atoms with van der Waals surface area (Å²) < 4.78 is 4.57. The molecule has 1 atom stereocenters. The van der Waals surface area contributed by atoms with E-state index in [9.17, 15) is 4.79 Å². The molecule has 0 N–H and O–H groups in total. The van der Waals surface area contributed by atoms with Gasteiger partial charge in [0.05, 0.1) is 0 Å². The van der Waals surface area contributed by atoms with Gasteiger partial charge < -0.3 is 4.74 Å². The van der Waals surface area contributed by atoms with Crippen LogP contribution in [-0.2, 0) is 9.53 Å². The number of carbonyl (C=O) groups is 1. The van der Waals surface area contributed by atoms with Gasteiger partial charge in [-0.15, -0.1) is 0 Å². The van der Waals surface area contributed by atoms with Crippen LogP contribution in [0.2, 0.25) is 0 Å². The van der Waals surface area contributed by atoms with Crippen molar-refractivity contribution in [1.29, 1.82) is 15.8 Å². The van der Waals surface area contributed by atoms with Crippen molar-refractivity contribution >= 4 is 5.97 Å². The Balaban J connectivity index is 4.37. The van der Waals surface area contributed by atoms with Crippen molar-refractivity contribution in [3.05, 3.63) is 12.2 Å². The van der Waals surface area contributed by atoms with Crippen LogP contribution in [0.15, 0.2) is 12.2 Å². The Labute approximate surface area is 80.8 Å². The van der Waals surface area contributed by atoms with E-state index in [-0.39, 0.29) is 5.57 Å². The van der Waals surface area contributed by atoms with Gasteiger partial charge in [0, 0.05) is 0 Å². The molecule has 0 aliphatic heterocycles. The fourth-order valence-electron chi connectivity index (χ4n) is 0.509. The number of rotatable bonds is 3. The van der Waals surface area contributed by atoms with Crippen LogP contribution in [-0.4, -0.2) is 17.1 Å². The highest BCUT2D eigenvalue weighted by Gasteiger charge is 2.17. The molecule has 1 unspecified atom stereocenters. The third-order valence-electron chi connectivity index (χ3n) is 1.24. The van der Waals surface area contributed by atoms with Crippen molar-refractivity contribution < 1.29 is 9.53 Å². The molecule has 0 aromatic rings. The van der Waals surface area contributed by atoms with E-state index in [1.165, 1.54) is 25.4 Å². The van der Waals surface area contributed by atoms with E-state index in [1.807, 2.05) is 0 Å². The topological polar surface area (TPSA) is 101 Å². The number of carbonyl (C=O) groups excluding carboxylic acids is 1. The van der Waals surface area contributed by atoms with Crippen molar-refractivity contribution in [2.75, 3.05) is 0 Å². The Morgan fingerprint density at radius 1 is 1.43 bits per heavy atom. The first-order valence-electron chi connectivity index (χ1n) is 3.45. The average molecular weight is 190 g/mol. The first-order chi connectivity index (χ1) is 6.56. The lowest BCUT2D eigenvalue weighted by molar-refractivity contribution is -0.147. The fourth-order valence-corrected chi connectivity index (χ4v) is 0.509. The second kappa shape index (κ2) is 5.18. The van der Waals surface area contributed by atoms with Crippen LogP contribution < -0.4 is 0 Å². The standard InChI is InChI=1S/C8H6N4O2/c1-6(3-9)8(13)14-7(2)12(4-10)5-11/h7H,1H2,2H3. The first-order valence-corrected chi connectivity index (χ1v) is 3.45. The van der Waals surface area contributed by atoms with Gasteiger partial charge in [-0.05, 0) is 6.92 Å². The molecule has 0 amide bonds. The Kier molecular flexibility index (Phi) is 4.25. The quantitative estimate of drug-likeness (QED) is 0.157. The van der Waals surface area contributed by atoms with Crippen LogP contribution in [0.3, 0.4) is 0 Å². The molecule has 0 saturated carbocycles. The van der Waals surface area contributed by atoms with Crippen molar-refractivity contribution in [1.82, 2.24) is 4.90 Å². The van der Waals surface area contributed by atoms with E-state index < -0.39 is 12.2 Å².